The van der Waals surface area contributed by atoms with Gasteiger partial charge in [0.2, 0.25) is 0 Å². The number of esters is 1. The van der Waals surface area contributed by atoms with Gasteiger partial charge in [-0.05, 0) is 45.9 Å². The third-order valence-electron chi connectivity index (χ3n) is 2.18. The summed E-state index contributed by atoms with van der Waals surface area (Å²) in [6, 6.07) is 3.73. The monoisotopic (exact) mass is 306 g/mol. The van der Waals surface area contributed by atoms with Gasteiger partial charge in [0.15, 0.2) is 0 Å². The van der Waals surface area contributed by atoms with Crippen molar-refractivity contribution in [2.45, 2.75) is 43.4 Å². The second-order valence-electron chi connectivity index (χ2n) is 5.05. The van der Waals surface area contributed by atoms with Crippen molar-refractivity contribution in [2.75, 3.05) is 0 Å². The molecule has 0 aliphatic carbocycles. The molecule has 19 heavy (non-hydrogen) atoms. The van der Waals surface area contributed by atoms with Gasteiger partial charge in [-0.3, -0.25) is 9.00 Å². The average Bonchev–Trinajstić information content (AvgIpc) is 2.28. The molecule has 2 unspecified atom stereocenters. The van der Waals surface area contributed by atoms with E-state index in [-0.39, 0.29) is 5.02 Å². The maximum atomic E-state index is 13.0. The van der Waals surface area contributed by atoms with Crippen LogP contribution in [0.1, 0.15) is 27.7 Å². The summed E-state index contributed by atoms with van der Waals surface area (Å²) in [7, 11) is -1.64. The summed E-state index contributed by atoms with van der Waals surface area (Å²) < 4.78 is 30.3. The third kappa shape index (κ3) is 4.58. The zero-order valence-electron chi connectivity index (χ0n) is 11.2. The number of carbonyl (C=O) groups excluding carboxylic acids is 1. The van der Waals surface area contributed by atoms with Crippen molar-refractivity contribution in [2.24, 2.45) is 0 Å². The molecule has 0 fully saturated rings. The van der Waals surface area contributed by atoms with Crippen molar-refractivity contribution >= 4 is 28.4 Å². The highest BCUT2D eigenvalue weighted by atomic mass is 35.5. The van der Waals surface area contributed by atoms with E-state index in [4.69, 9.17) is 16.3 Å². The Labute approximate surface area is 119 Å². The Morgan fingerprint density at radius 2 is 2.00 bits per heavy atom. The predicted molar refractivity (Wildman–Crippen MR) is 73.1 cm³/mol. The number of rotatable bonds is 3. The Balaban J connectivity index is 2.87. The van der Waals surface area contributed by atoms with Crippen LogP contribution in [0.4, 0.5) is 4.39 Å². The first-order chi connectivity index (χ1) is 8.61. The van der Waals surface area contributed by atoms with Crippen LogP contribution in [0.3, 0.4) is 0 Å². The standard InChI is InChI=1S/C13H16ClFO3S/c1-8(12(16)18-13(2,3)4)19(17)9-5-6-11(15)10(14)7-9/h5-8H,1-4H3. The van der Waals surface area contributed by atoms with Gasteiger partial charge in [-0.1, -0.05) is 11.6 Å². The van der Waals surface area contributed by atoms with Gasteiger partial charge in [0.25, 0.3) is 0 Å². The molecule has 106 valence electrons. The quantitative estimate of drug-likeness (QED) is 0.805. The molecule has 1 aromatic carbocycles. The topological polar surface area (TPSA) is 43.4 Å². The molecule has 6 heteroatoms. The molecule has 3 nitrogen and oxygen atoms in total. The second-order valence-corrected chi connectivity index (χ2v) is 7.23. The van der Waals surface area contributed by atoms with Gasteiger partial charge in [-0.2, -0.15) is 0 Å². The molecule has 0 saturated heterocycles. The van der Waals surface area contributed by atoms with E-state index in [0.717, 1.165) is 6.07 Å². The lowest BCUT2D eigenvalue weighted by Crippen LogP contribution is -2.32. The molecule has 0 bridgehead atoms. The smallest absolute Gasteiger partial charge is 0.322 e. The number of benzene rings is 1. The zero-order chi connectivity index (χ0) is 14.8. The first kappa shape index (κ1) is 16.1. The summed E-state index contributed by atoms with van der Waals surface area (Å²) >= 11 is 5.62. The summed E-state index contributed by atoms with van der Waals surface area (Å²) in [6.07, 6.45) is 0. The summed E-state index contributed by atoms with van der Waals surface area (Å²) in [4.78, 5) is 12.1. The fraction of sp³-hybridized carbons (Fsp3) is 0.462. The molecule has 1 aromatic rings. The van der Waals surface area contributed by atoms with E-state index < -0.39 is 33.4 Å². The first-order valence-corrected chi connectivity index (χ1v) is 7.29. The minimum absolute atomic E-state index is 0.123. The van der Waals surface area contributed by atoms with Crippen molar-refractivity contribution in [3.05, 3.63) is 29.0 Å². The lowest BCUT2D eigenvalue weighted by atomic mass is 10.2. The van der Waals surface area contributed by atoms with E-state index in [2.05, 4.69) is 0 Å². The lowest BCUT2D eigenvalue weighted by Gasteiger charge is -2.22. The highest BCUT2D eigenvalue weighted by Crippen LogP contribution is 2.21. The van der Waals surface area contributed by atoms with Gasteiger partial charge < -0.3 is 4.74 Å². The van der Waals surface area contributed by atoms with E-state index in [1.54, 1.807) is 20.8 Å². The van der Waals surface area contributed by atoms with Crippen molar-refractivity contribution in [1.82, 2.24) is 0 Å². The largest absolute Gasteiger partial charge is 0.459 e. The number of hydrogen-bond acceptors (Lipinski definition) is 3. The molecule has 0 radical (unpaired) electrons. The molecule has 0 aliphatic rings. The highest BCUT2D eigenvalue weighted by Gasteiger charge is 2.27. The van der Waals surface area contributed by atoms with Crippen LogP contribution in [-0.2, 0) is 20.3 Å². The fourth-order valence-corrected chi connectivity index (χ4v) is 2.59. The molecular weight excluding hydrogens is 291 g/mol. The van der Waals surface area contributed by atoms with Crippen LogP contribution in [0, 0.1) is 5.82 Å². The Morgan fingerprint density at radius 1 is 1.42 bits per heavy atom. The zero-order valence-corrected chi connectivity index (χ0v) is 12.8. The molecule has 0 saturated carbocycles. The van der Waals surface area contributed by atoms with Crippen molar-refractivity contribution in [1.29, 1.82) is 0 Å². The minimum atomic E-state index is -1.64. The molecule has 1 rings (SSSR count). The van der Waals surface area contributed by atoms with E-state index in [0.29, 0.717) is 4.90 Å². The van der Waals surface area contributed by atoms with E-state index in [1.165, 1.54) is 19.1 Å². The normalized spacial score (nSPS) is 14.8. The Bertz CT molecular complexity index is 511. The van der Waals surface area contributed by atoms with Crippen molar-refractivity contribution < 1.29 is 18.1 Å². The van der Waals surface area contributed by atoms with Crippen LogP contribution >= 0.6 is 11.6 Å². The van der Waals surface area contributed by atoms with E-state index >= 15 is 0 Å². The highest BCUT2D eigenvalue weighted by molar-refractivity contribution is 7.86. The SMILES string of the molecule is CC(C(=O)OC(C)(C)C)S(=O)c1ccc(F)c(Cl)c1. The van der Waals surface area contributed by atoms with Crippen LogP contribution in [0.25, 0.3) is 0 Å². The van der Waals surface area contributed by atoms with Crippen molar-refractivity contribution in [3.8, 4) is 0 Å². The van der Waals surface area contributed by atoms with E-state index in [1.807, 2.05) is 0 Å². The average molecular weight is 307 g/mol. The molecule has 0 spiro atoms. The molecular formula is C13H16ClFO3S. The molecule has 0 heterocycles. The van der Waals surface area contributed by atoms with Gasteiger partial charge in [-0.15, -0.1) is 0 Å². The Kier molecular flexibility index (Phi) is 5.10. The molecule has 0 amide bonds. The van der Waals surface area contributed by atoms with E-state index in [9.17, 15) is 13.4 Å². The number of halogens is 2. The number of ether oxygens (including phenoxy) is 1. The van der Waals surface area contributed by atoms with Crippen LogP contribution in [-0.4, -0.2) is 21.0 Å². The summed E-state index contributed by atoms with van der Waals surface area (Å²) in [5.74, 6) is -1.15. The minimum Gasteiger partial charge on any atom is -0.459 e. The fourth-order valence-electron chi connectivity index (χ4n) is 1.28. The number of carbonyl (C=O) groups is 1. The predicted octanol–water partition coefficient (Wildman–Crippen LogP) is 3.32. The van der Waals surface area contributed by atoms with Gasteiger partial charge >= 0.3 is 5.97 Å². The van der Waals surface area contributed by atoms with Gasteiger partial charge in [0.05, 0.1) is 15.8 Å². The molecule has 0 N–H and O–H groups in total. The maximum absolute atomic E-state index is 13.0. The van der Waals surface area contributed by atoms with Gasteiger partial charge in [0.1, 0.15) is 16.7 Å². The lowest BCUT2D eigenvalue weighted by molar-refractivity contribution is -0.153. The second kappa shape index (κ2) is 6.01. The van der Waals surface area contributed by atoms with Crippen LogP contribution < -0.4 is 0 Å². The Hall–Kier alpha value is -0.940. The van der Waals surface area contributed by atoms with Gasteiger partial charge in [-0.25, -0.2) is 4.39 Å². The third-order valence-corrected chi connectivity index (χ3v) is 4.03. The van der Waals surface area contributed by atoms with Crippen molar-refractivity contribution in [3.63, 3.8) is 0 Å². The number of hydrogen-bond donors (Lipinski definition) is 0. The summed E-state index contributed by atoms with van der Waals surface area (Å²) in [6.45, 7) is 6.70. The van der Waals surface area contributed by atoms with Crippen LogP contribution in [0.15, 0.2) is 23.1 Å². The Morgan fingerprint density at radius 3 is 2.47 bits per heavy atom. The molecule has 0 aromatic heterocycles. The first-order valence-electron chi connectivity index (χ1n) is 5.70. The van der Waals surface area contributed by atoms with Crippen LogP contribution in [0.5, 0.6) is 0 Å². The van der Waals surface area contributed by atoms with Gasteiger partial charge in [0, 0.05) is 4.90 Å². The summed E-state index contributed by atoms with van der Waals surface area (Å²) in [5, 5.41) is -0.969. The maximum Gasteiger partial charge on any atom is 0.322 e. The molecule has 0 aliphatic heterocycles. The van der Waals surface area contributed by atoms with Crippen LogP contribution in [0.2, 0.25) is 5.02 Å². The summed E-state index contributed by atoms with van der Waals surface area (Å²) in [5.41, 5.74) is -0.643. The molecule has 2 atom stereocenters.